The third-order valence-corrected chi connectivity index (χ3v) is 5.90. The Morgan fingerprint density at radius 3 is 2.72 bits per heavy atom. The number of phenols is 1. The van der Waals surface area contributed by atoms with E-state index in [2.05, 4.69) is 20.5 Å². The monoisotopic (exact) mass is 393 g/mol. The van der Waals surface area contributed by atoms with E-state index in [-0.39, 0.29) is 17.3 Å². The third-order valence-electron chi connectivity index (χ3n) is 5.90. The largest absolute Gasteiger partial charge is 0.508 e. The number of fused-ring (bicyclic) bond motifs is 1. The van der Waals surface area contributed by atoms with Crippen molar-refractivity contribution in [3.63, 3.8) is 0 Å². The lowest BCUT2D eigenvalue weighted by molar-refractivity contribution is -0.0954. The van der Waals surface area contributed by atoms with Gasteiger partial charge in [-0.1, -0.05) is 0 Å². The normalized spacial score (nSPS) is 19.0. The number of carbonyl (C=O) groups excluding carboxylic acids is 1. The maximum Gasteiger partial charge on any atom is 0.273 e. The van der Waals surface area contributed by atoms with E-state index < -0.39 is 0 Å². The highest BCUT2D eigenvalue weighted by molar-refractivity contribution is 6.05. The number of amides is 1. The van der Waals surface area contributed by atoms with Crippen molar-refractivity contribution in [2.24, 2.45) is 0 Å². The van der Waals surface area contributed by atoms with Gasteiger partial charge in [0.25, 0.3) is 5.91 Å². The molecule has 29 heavy (non-hydrogen) atoms. The molecular weight excluding hydrogens is 370 g/mol. The number of nitrogens with zero attached hydrogens (tertiary/aromatic N) is 3. The lowest BCUT2D eigenvalue weighted by Gasteiger charge is -2.44. The summed E-state index contributed by atoms with van der Waals surface area (Å²) in [6.07, 6.45) is 3.28. The van der Waals surface area contributed by atoms with E-state index in [0.29, 0.717) is 29.9 Å². The molecule has 2 fully saturated rings. The molecule has 4 heterocycles. The lowest BCUT2D eigenvalue weighted by atomic mass is 9.90. The molecule has 3 N–H and O–H groups in total. The molecule has 0 bridgehead atoms. The van der Waals surface area contributed by atoms with Crippen molar-refractivity contribution in [2.75, 3.05) is 32.8 Å². The van der Waals surface area contributed by atoms with Crippen molar-refractivity contribution in [2.45, 2.75) is 18.4 Å². The molecule has 150 valence electrons. The van der Waals surface area contributed by atoms with Crippen molar-refractivity contribution in [3.8, 4) is 17.0 Å². The number of rotatable bonds is 2. The minimum atomic E-state index is -0.151. The highest BCUT2D eigenvalue weighted by Crippen LogP contribution is 2.30. The number of benzene rings is 1. The summed E-state index contributed by atoms with van der Waals surface area (Å²) >= 11 is 0. The maximum atomic E-state index is 13.3. The van der Waals surface area contributed by atoms with Crippen LogP contribution in [-0.4, -0.2) is 69.5 Å². The van der Waals surface area contributed by atoms with E-state index in [4.69, 9.17) is 4.74 Å². The highest BCUT2D eigenvalue weighted by Gasteiger charge is 2.38. The Bertz CT molecular complexity index is 1030. The number of likely N-dealkylation sites (tertiary alicyclic amines) is 1. The van der Waals surface area contributed by atoms with Gasteiger partial charge in [0.1, 0.15) is 11.4 Å². The Kier molecular flexibility index (Phi) is 4.44. The van der Waals surface area contributed by atoms with Crippen LogP contribution in [0.1, 0.15) is 23.3 Å². The molecule has 2 saturated heterocycles. The number of pyridine rings is 1. The number of nitrogens with one attached hydrogen (secondary N) is 2. The Hall–Kier alpha value is -2.97. The Labute approximate surface area is 167 Å². The molecule has 3 aromatic rings. The zero-order valence-corrected chi connectivity index (χ0v) is 16.0. The van der Waals surface area contributed by atoms with Crippen molar-refractivity contribution < 1.29 is 14.6 Å². The van der Waals surface area contributed by atoms with Crippen LogP contribution in [0.3, 0.4) is 0 Å². The molecule has 0 aliphatic carbocycles. The molecule has 0 saturated carbocycles. The first-order valence-electron chi connectivity index (χ1n) is 9.91. The number of ether oxygens (including phenoxy) is 1. The van der Waals surface area contributed by atoms with Gasteiger partial charge in [-0.3, -0.25) is 9.89 Å². The number of aromatic amines is 1. The zero-order chi connectivity index (χ0) is 19.8. The van der Waals surface area contributed by atoms with Crippen LogP contribution in [0.15, 0.2) is 36.5 Å². The number of carbonyl (C=O) groups is 1. The number of hydrogen-bond acceptors (Lipinski definition) is 6. The van der Waals surface area contributed by atoms with Gasteiger partial charge in [0.2, 0.25) is 0 Å². The summed E-state index contributed by atoms with van der Waals surface area (Å²) in [5, 5.41) is 20.7. The summed E-state index contributed by atoms with van der Waals surface area (Å²) in [5.41, 5.74) is 2.50. The number of aromatic hydroxyl groups is 1. The molecule has 0 atom stereocenters. The summed E-state index contributed by atoms with van der Waals surface area (Å²) in [5.74, 6) is 0.102. The van der Waals surface area contributed by atoms with E-state index in [0.717, 1.165) is 43.6 Å². The van der Waals surface area contributed by atoms with Crippen molar-refractivity contribution in [1.29, 1.82) is 0 Å². The molecule has 8 heteroatoms. The summed E-state index contributed by atoms with van der Waals surface area (Å²) < 4.78 is 6.03. The van der Waals surface area contributed by atoms with E-state index in [1.165, 1.54) is 0 Å². The Morgan fingerprint density at radius 1 is 1.21 bits per heavy atom. The predicted octanol–water partition coefficient (Wildman–Crippen LogP) is 1.93. The number of phenolic OH excluding ortho intramolecular Hbond substituents is 1. The quantitative estimate of drug-likeness (QED) is 0.615. The topological polar surface area (TPSA) is 103 Å². The van der Waals surface area contributed by atoms with Gasteiger partial charge in [-0.15, -0.1) is 0 Å². The summed E-state index contributed by atoms with van der Waals surface area (Å²) in [4.78, 5) is 19.9. The molecule has 2 aromatic heterocycles. The Balaban J connectivity index is 1.44. The fraction of sp³-hybridized carbons (Fsp3) is 0.381. The predicted molar refractivity (Wildman–Crippen MR) is 108 cm³/mol. The zero-order valence-electron chi connectivity index (χ0n) is 16.0. The number of morpholine rings is 1. The van der Waals surface area contributed by atoms with Gasteiger partial charge in [-0.05, 0) is 43.2 Å². The number of hydrogen-bond donors (Lipinski definition) is 3. The van der Waals surface area contributed by atoms with Gasteiger partial charge in [0, 0.05) is 31.7 Å². The first kappa shape index (κ1) is 18.1. The molecule has 5 rings (SSSR count). The van der Waals surface area contributed by atoms with Crippen molar-refractivity contribution >= 4 is 16.8 Å². The molecule has 8 nitrogen and oxygen atoms in total. The summed E-state index contributed by atoms with van der Waals surface area (Å²) in [6, 6.07) is 8.66. The van der Waals surface area contributed by atoms with Crippen LogP contribution in [0.25, 0.3) is 22.2 Å². The second kappa shape index (κ2) is 7.13. The second-order valence-electron chi connectivity index (χ2n) is 7.73. The SMILES string of the molecule is O=C(c1nc(-c2ccc(O)cc2)cc2[nH]ncc12)N1CCC2(CC1)CNCCO2. The number of H-pyrrole nitrogens is 1. The van der Waals surface area contributed by atoms with Crippen LogP contribution in [-0.2, 0) is 4.74 Å². The molecule has 1 amide bonds. The first-order valence-corrected chi connectivity index (χ1v) is 9.91. The minimum absolute atomic E-state index is 0.0874. The third kappa shape index (κ3) is 3.34. The van der Waals surface area contributed by atoms with Crippen LogP contribution < -0.4 is 5.32 Å². The van der Waals surface area contributed by atoms with E-state index in [9.17, 15) is 9.90 Å². The molecule has 2 aliphatic heterocycles. The fourth-order valence-corrected chi connectivity index (χ4v) is 4.18. The minimum Gasteiger partial charge on any atom is -0.508 e. The summed E-state index contributed by atoms with van der Waals surface area (Å²) in [7, 11) is 0. The van der Waals surface area contributed by atoms with Crippen molar-refractivity contribution in [1.82, 2.24) is 25.4 Å². The number of piperidine rings is 1. The van der Waals surface area contributed by atoms with E-state index >= 15 is 0 Å². The van der Waals surface area contributed by atoms with Gasteiger partial charge < -0.3 is 20.1 Å². The van der Waals surface area contributed by atoms with E-state index in [1.54, 1.807) is 30.5 Å². The van der Waals surface area contributed by atoms with Crippen LogP contribution in [0.5, 0.6) is 5.75 Å². The first-order chi connectivity index (χ1) is 14.1. The lowest BCUT2D eigenvalue weighted by Crippen LogP contribution is -2.56. The average Bonchev–Trinajstić information content (AvgIpc) is 3.23. The van der Waals surface area contributed by atoms with E-state index in [1.807, 2.05) is 11.0 Å². The molecule has 2 aliphatic rings. The maximum absolute atomic E-state index is 13.3. The van der Waals surface area contributed by atoms with Crippen molar-refractivity contribution in [3.05, 3.63) is 42.2 Å². The highest BCUT2D eigenvalue weighted by atomic mass is 16.5. The smallest absolute Gasteiger partial charge is 0.273 e. The van der Waals surface area contributed by atoms with Crippen LogP contribution in [0.2, 0.25) is 0 Å². The standard InChI is InChI=1S/C21H23N5O3/c27-15-3-1-14(2-4-15)17-11-18-16(12-23-25-18)19(24-17)20(28)26-8-5-21(6-9-26)13-22-7-10-29-21/h1-4,11-12,22,27H,5-10,13H2,(H,23,25). The van der Waals surface area contributed by atoms with Gasteiger partial charge in [0.05, 0.1) is 35.0 Å². The van der Waals surface area contributed by atoms with Crippen LogP contribution >= 0.6 is 0 Å². The van der Waals surface area contributed by atoms with Crippen LogP contribution in [0, 0.1) is 0 Å². The molecule has 1 spiro atoms. The molecule has 0 unspecified atom stereocenters. The molecule has 0 radical (unpaired) electrons. The molecule has 1 aromatic carbocycles. The van der Waals surface area contributed by atoms with Gasteiger partial charge >= 0.3 is 0 Å². The number of aromatic nitrogens is 3. The van der Waals surface area contributed by atoms with Gasteiger partial charge in [-0.2, -0.15) is 5.10 Å². The Morgan fingerprint density at radius 2 is 2.00 bits per heavy atom. The van der Waals surface area contributed by atoms with Gasteiger partial charge in [-0.25, -0.2) is 4.98 Å². The summed E-state index contributed by atoms with van der Waals surface area (Å²) in [6.45, 7) is 3.74. The second-order valence-corrected chi connectivity index (χ2v) is 7.73. The average molecular weight is 393 g/mol. The van der Waals surface area contributed by atoms with Crippen LogP contribution in [0.4, 0.5) is 0 Å². The molecular formula is C21H23N5O3. The fourth-order valence-electron chi connectivity index (χ4n) is 4.18. The van der Waals surface area contributed by atoms with Gasteiger partial charge in [0.15, 0.2) is 0 Å².